The summed E-state index contributed by atoms with van der Waals surface area (Å²) in [4.78, 5) is 10.6. The van der Waals surface area contributed by atoms with E-state index >= 15 is 0 Å². The molecule has 0 atom stereocenters. The van der Waals surface area contributed by atoms with E-state index in [1.807, 2.05) is 5.32 Å². The molecule has 102 valence electrons. The van der Waals surface area contributed by atoms with Gasteiger partial charge in [0.2, 0.25) is 11.9 Å². The van der Waals surface area contributed by atoms with Crippen molar-refractivity contribution in [2.75, 3.05) is 24.2 Å². The van der Waals surface area contributed by atoms with Crippen molar-refractivity contribution in [1.82, 2.24) is 15.0 Å². The number of hydrogen-bond donors (Lipinski definition) is 2. The third-order valence-electron chi connectivity index (χ3n) is 1.71. The van der Waals surface area contributed by atoms with Crippen LogP contribution in [0.3, 0.4) is 0 Å². The molecule has 1 aromatic heterocycles. The summed E-state index contributed by atoms with van der Waals surface area (Å²) in [5.41, 5.74) is 5.27. The third-order valence-corrected chi connectivity index (χ3v) is 1.71. The SMILES string of the molecule is CCOc1nc(N)nc(NCC(F)(F)C(F)F)n1. The smallest absolute Gasteiger partial charge is 0.324 e. The molecule has 1 heterocycles. The van der Waals surface area contributed by atoms with E-state index in [2.05, 4.69) is 15.0 Å². The molecule has 0 spiro atoms. The summed E-state index contributed by atoms with van der Waals surface area (Å²) in [7, 11) is 0. The van der Waals surface area contributed by atoms with Crippen LogP contribution in [0.15, 0.2) is 0 Å². The van der Waals surface area contributed by atoms with Crippen LogP contribution in [-0.4, -0.2) is 40.5 Å². The minimum Gasteiger partial charge on any atom is -0.464 e. The van der Waals surface area contributed by atoms with Crippen molar-refractivity contribution < 1.29 is 22.3 Å². The molecular formula is C8H11F4N5O. The fraction of sp³-hybridized carbons (Fsp3) is 0.625. The van der Waals surface area contributed by atoms with E-state index in [0.717, 1.165) is 0 Å². The number of nitrogen functional groups attached to an aromatic ring is 1. The molecule has 0 radical (unpaired) electrons. The highest BCUT2D eigenvalue weighted by molar-refractivity contribution is 5.32. The number of nitrogens with one attached hydrogen (secondary N) is 1. The first kappa shape index (κ1) is 14.2. The van der Waals surface area contributed by atoms with Gasteiger partial charge in [-0.15, -0.1) is 0 Å². The zero-order valence-electron chi connectivity index (χ0n) is 9.33. The van der Waals surface area contributed by atoms with Crippen LogP contribution in [0.4, 0.5) is 29.5 Å². The van der Waals surface area contributed by atoms with E-state index in [1.165, 1.54) is 0 Å². The standard InChI is InChI=1S/C8H11F4N5O/c1-2-18-7-16-5(13)15-6(17-7)14-3-8(11,12)4(9)10/h4H,2-3H2,1H3,(H3,13,14,15,16,17). The Morgan fingerprint density at radius 3 is 2.56 bits per heavy atom. The molecule has 0 saturated carbocycles. The fourth-order valence-electron chi connectivity index (χ4n) is 0.919. The molecule has 0 aliphatic carbocycles. The molecule has 0 amide bonds. The molecule has 0 aliphatic heterocycles. The Balaban J connectivity index is 2.73. The Morgan fingerprint density at radius 1 is 1.33 bits per heavy atom. The van der Waals surface area contributed by atoms with E-state index in [9.17, 15) is 17.6 Å². The van der Waals surface area contributed by atoms with Crippen LogP contribution in [0.1, 0.15) is 6.92 Å². The van der Waals surface area contributed by atoms with Crippen LogP contribution >= 0.6 is 0 Å². The Bertz CT molecular complexity index is 403. The Labute approximate surface area is 99.6 Å². The van der Waals surface area contributed by atoms with Crippen LogP contribution in [0.2, 0.25) is 0 Å². The number of aromatic nitrogens is 3. The monoisotopic (exact) mass is 269 g/mol. The average molecular weight is 269 g/mol. The van der Waals surface area contributed by atoms with Crippen molar-refractivity contribution in [3.63, 3.8) is 0 Å². The molecule has 0 fully saturated rings. The highest BCUT2D eigenvalue weighted by Crippen LogP contribution is 2.23. The Kier molecular flexibility index (Phi) is 4.45. The minimum atomic E-state index is -4.19. The molecule has 1 rings (SSSR count). The highest BCUT2D eigenvalue weighted by atomic mass is 19.3. The van der Waals surface area contributed by atoms with E-state index in [4.69, 9.17) is 10.5 Å². The van der Waals surface area contributed by atoms with Crippen molar-refractivity contribution >= 4 is 11.9 Å². The lowest BCUT2D eigenvalue weighted by atomic mass is 10.3. The largest absolute Gasteiger partial charge is 0.464 e. The van der Waals surface area contributed by atoms with E-state index in [1.54, 1.807) is 6.92 Å². The summed E-state index contributed by atoms with van der Waals surface area (Å²) in [5.74, 6) is -4.81. The first-order valence-corrected chi connectivity index (χ1v) is 4.89. The summed E-state index contributed by atoms with van der Waals surface area (Å²) in [6.45, 7) is 0.563. The Hall–Kier alpha value is -1.87. The molecule has 0 aromatic carbocycles. The topological polar surface area (TPSA) is 86.0 Å². The maximum absolute atomic E-state index is 12.6. The number of alkyl halides is 4. The van der Waals surface area contributed by atoms with Gasteiger partial charge in [0.05, 0.1) is 13.2 Å². The number of nitrogens with zero attached hydrogens (tertiary/aromatic N) is 3. The molecule has 0 unspecified atom stereocenters. The van der Waals surface area contributed by atoms with Crippen molar-refractivity contribution in [3.8, 4) is 6.01 Å². The van der Waals surface area contributed by atoms with Crippen LogP contribution in [-0.2, 0) is 0 Å². The maximum Gasteiger partial charge on any atom is 0.324 e. The molecule has 18 heavy (non-hydrogen) atoms. The summed E-state index contributed by atoms with van der Waals surface area (Å²) < 4.78 is 54.0. The fourth-order valence-corrected chi connectivity index (χ4v) is 0.919. The van der Waals surface area contributed by atoms with Gasteiger partial charge in [0.25, 0.3) is 0 Å². The second-order valence-electron chi connectivity index (χ2n) is 3.15. The lowest BCUT2D eigenvalue weighted by Crippen LogP contribution is -2.35. The van der Waals surface area contributed by atoms with Crippen LogP contribution in [0.5, 0.6) is 6.01 Å². The summed E-state index contributed by atoms with van der Waals surface area (Å²) in [6.07, 6.45) is -3.78. The highest BCUT2D eigenvalue weighted by Gasteiger charge is 2.40. The van der Waals surface area contributed by atoms with Crippen LogP contribution in [0.25, 0.3) is 0 Å². The van der Waals surface area contributed by atoms with E-state index in [-0.39, 0.29) is 24.5 Å². The van der Waals surface area contributed by atoms with Crippen molar-refractivity contribution in [2.24, 2.45) is 0 Å². The molecule has 6 nitrogen and oxygen atoms in total. The maximum atomic E-state index is 12.6. The van der Waals surface area contributed by atoms with E-state index < -0.39 is 18.9 Å². The predicted molar refractivity (Wildman–Crippen MR) is 54.8 cm³/mol. The number of anilines is 2. The van der Waals surface area contributed by atoms with Crippen molar-refractivity contribution in [3.05, 3.63) is 0 Å². The second-order valence-corrected chi connectivity index (χ2v) is 3.15. The second kappa shape index (κ2) is 5.65. The van der Waals surface area contributed by atoms with Gasteiger partial charge in [0, 0.05) is 0 Å². The Morgan fingerprint density at radius 2 is 2.00 bits per heavy atom. The van der Waals surface area contributed by atoms with Gasteiger partial charge in [0.1, 0.15) is 0 Å². The average Bonchev–Trinajstić information content (AvgIpc) is 2.26. The number of rotatable bonds is 6. The minimum absolute atomic E-state index is 0.173. The number of ether oxygens (including phenoxy) is 1. The first-order chi connectivity index (χ1) is 8.35. The molecular weight excluding hydrogens is 258 g/mol. The van der Waals surface area contributed by atoms with Gasteiger partial charge in [0.15, 0.2) is 0 Å². The third kappa shape index (κ3) is 3.86. The molecule has 10 heteroatoms. The number of halogens is 4. The number of nitrogens with two attached hydrogens (primary N) is 1. The summed E-state index contributed by atoms with van der Waals surface area (Å²) >= 11 is 0. The molecule has 1 aromatic rings. The first-order valence-electron chi connectivity index (χ1n) is 4.89. The number of hydrogen-bond acceptors (Lipinski definition) is 6. The molecule has 0 bridgehead atoms. The lowest BCUT2D eigenvalue weighted by molar-refractivity contribution is -0.117. The van der Waals surface area contributed by atoms with Crippen LogP contribution in [0, 0.1) is 0 Å². The zero-order chi connectivity index (χ0) is 13.8. The van der Waals surface area contributed by atoms with Gasteiger partial charge in [-0.05, 0) is 6.92 Å². The molecule has 0 saturated heterocycles. The summed E-state index contributed by atoms with van der Waals surface area (Å²) in [6, 6.07) is -0.173. The van der Waals surface area contributed by atoms with Gasteiger partial charge < -0.3 is 15.8 Å². The molecule has 0 aliphatic rings. The van der Waals surface area contributed by atoms with Crippen molar-refractivity contribution in [2.45, 2.75) is 19.3 Å². The van der Waals surface area contributed by atoms with Gasteiger partial charge in [-0.25, -0.2) is 8.78 Å². The van der Waals surface area contributed by atoms with Gasteiger partial charge in [-0.3, -0.25) is 0 Å². The quantitative estimate of drug-likeness (QED) is 0.754. The van der Waals surface area contributed by atoms with Crippen LogP contribution < -0.4 is 15.8 Å². The lowest BCUT2D eigenvalue weighted by Gasteiger charge is -2.15. The summed E-state index contributed by atoms with van der Waals surface area (Å²) in [5, 5.41) is 1.95. The normalized spacial score (nSPS) is 11.7. The molecule has 3 N–H and O–H groups in total. The predicted octanol–water partition coefficient (Wildman–Crippen LogP) is 1.16. The van der Waals surface area contributed by atoms with Gasteiger partial charge >= 0.3 is 18.4 Å². The van der Waals surface area contributed by atoms with Gasteiger partial charge in [-0.2, -0.15) is 23.7 Å². The van der Waals surface area contributed by atoms with Gasteiger partial charge in [-0.1, -0.05) is 0 Å². The zero-order valence-corrected chi connectivity index (χ0v) is 9.33. The van der Waals surface area contributed by atoms with Crippen molar-refractivity contribution in [1.29, 1.82) is 0 Å². The van der Waals surface area contributed by atoms with E-state index in [0.29, 0.717) is 0 Å².